The van der Waals surface area contributed by atoms with E-state index in [1.807, 2.05) is 12.1 Å². The molecule has 28 heavy (non-hydrogen) atoms. The highest BCUT2D eigenvalue weighted by atomic mass is 127. The first-order chi connectivity index (χ1) is 12.9. The monoisotopic (exact) mass is 502 g/mol. The minimum atomic E-state index is -0.0321. The molecular formula is C22H39IN4O. The molecule has 1 aliphatic heterocycles. The molecule has 2 rings (SSSR count). The van der Waals surface area contributed by atoms with Gasteiger partial charge in [-0.25, -0.2) is 0 Å². The SMILES string of the molecule is CCNC(=NCC(C)(C)c1ccc(OC)cc1)NC1CCN(C(C)C)CC1.I. The molecule has 0 amide bonds. The summed E-state index contributed by atoms with van der Waals surface area (Å²) in [5.74, 6) is 1.82. The third kappa shape index (κ3) is 7.43. The summed E-state index contributed by atoms with van der Waals surface area (Å²) in [4.78, 5) is 7.45. The van der Waals surface area contributed by atoms with Gasteiger partial charge in [0.2, 0.25) is 0 Å². The third-order valence-corrected chi connectivity index (χ3v) is 5.45. The fourth-order valence-electron chi connectivity index (χ4n) is 3.48. The first-order valence-corrected chi connectivity index (χ1v) is 10.3. The van der Waals surface area contributed by atoms with E-state index in [1.165, 1.54) is 18.4 Å². The molecule has 0 unspecified atom stereocenters. The van der Waals surface area contributed by atoms with Crippen LogP contribution < -0.4 is 15.4 Å². The second kappa shape index (κ2) is 11.9. The maximum Gasteiger partial charge on any atom is 0.191 e. The van der Waals surface area contributed by atoms with Crippen molar-refractivity contribution in [2.24, 2.45) is 4.99 Å². The number of methoxy groups -OCH3 is 1. The normalized spacial score (nSPS) is 16.6. The van der Waals surface area contributed by atoms with Crippen LogP contribution >= 0.6 is 24.0 Å². The summed E-state index contributed by atoms with van der Waals surface area (Å²) in [6.07, 6.45) is 2.34. The molecular weight excluding hydrogens is 463 g/mol. The number of nitrogens with zero attached hydrogens (tertiary/aromatic N) is 2. The van der Waals surface area contributed by atoms with Gasteiger partial charge in [0.05, 0.1) is 13.7 Å². The number of likely N-dealkylation sites (tertiary alicyclic amines) is 1. The van der Waals surface area contributed by atoms with Crippen LogP contribution in [0.1, 0.15) is 53.0 Å². The average molecular weight is 502 g/mol. The van der Waals surface area contributed by atoms with Crippen LogP contribution in [0.4, 0.5) is 0 Å². The van der Waals surface area contributed by atoms with Crippen LogP contribution in [-0.2, 0) is 5.41 Å². The number of benzene rings is 1. The van der Waals surface area contributed by atoms with Gasteiger partial charge in [-0.3, -0.25) is 4.99 Å². The van der Waals surface area contributed by atoms with Crippen LogP contribution in [0.25, 0.3) is 0 Å². The number of piperidine rings is 1. The molecule has 1 saturated heterocycles. The smallest absolute Gasteiger partial charge is 0.191 e. The number of halogens is 1. The van der Waals surface area contributed by atoms with Gasteiger partial charge in [0.1, 0.15) is 5.75 Å². The lowest BCUT2D eigenvalue weighted by atomic mass is 9.85. The third-order valence-electron chi connectivity index (χ3n) is 5.45. The van der Waals surface area contributed by atoms with Crippen LogP contribution in [0.15, 0.2) is 29.3 Å². The minimum absolute atomic E-state index is 0. The largest absolute Gasteiger partial charge is 0.497 e. The van der Waals surface area contributed by atoms with E-state index in [0.717, 1.165) is 37.9 Å². The Morgan fingerprint density at radius 1 is 1.21 bits per heavy atom. The molecule has 1 heterocycles. The zero-order chi connectivity index (χ0) is 19.9. The van der Waals surface area contributed by atoms with Gasteiger partial charge in [0.25, 0.3) is 0 Å². The molecule has 1 aromatic carbocycles. The Bertz CT molecular complexity index is 593. The molecule has 0 saturated carbocycles. The van der Waals surface area contributed by atoms with Crippen molar-refractivity contribution >= 4 is 29.9 Å². The van der Waals surface area contributed by atoms with E-state index in [-0.39, 0.29) is 29.4 Å². The summed E-state index contributed by atoms with van der Waals surface area (Å²) in [5.41, 5.74) is 1.24. The predicted molar refractivity (Wildman–Crippen MR) is 130 cm³/mol. The molecule has 1 fully saturated rings. The van der Waals surface area contributed by atoms with E-state index in [4.69, 9.17) is 9.73 Å². The Morgan fingerprint density at radius 3 is 2.32 bits per heavy atom. The van der Waals surface area contributed by atoms with E-state index in [1.54, 1.807) is 7.11 Å². The quantitative estimate of drug-likeness (QED) is 0.336. The second-order valence-corrected chi connectivity index (χ2v) is 8.36. The number of aliphatic imine (C=N–C) groups is 1. The van der Waals surface area contributed by atoms with Gasteiger partial charge < -0.3 is 20.3 Å². The van der Waals surface area contributed by atoms with E-state index in [9.17, 15) is 0 Å². The Kier molecular flexibility index (Phi) is 10.6. The van der Waals surface area contributed by atoms with Gasteiger partial charge in [0.15, 0.2) is 5.96 Å². The van der Waals surface area contributed by atoms with Gasteiger partial charge in [0, 0.05) is 37.1 Å². The molecule has 0 atom stereocenters. The average Bonchev–Trinajstić information content (AvgIpc) is 2.67. The minimum Gasteiger partial charge on any atom is -0.497 e. The predicted octanol–water partition coefficient (Wildman–Crippen LogP) is 4.02. The highest BCUT2D eigenvalue weighted by Gasteiger charge is 2.23. The van der Waals surface area contributed by atoms with Crippen LogP contribution in [0.2, 0.25) is 0 Å². The second-order valence-electron chi connectivity index (χ2n) is 8.36. The summed E-state index contributed by atoms with van der Waals surface area (Å²) in [5, 5.41) is 7.06. The Morgan fingerprint density at radius 2 is 1.82 bits per heavy atom. The highest BCUT2D eigenvalue weighted by Crippen LogP contribution is 2.25. The number of ether oxygens (including phenoxy) is 1. The van der Waals surface area contributed by atoms with E-state index in [2.05, 4.69) is 62.3 Å². The van der Waals surface area contributed by atoms with Gasteiger partial charge in [-0.2, -0.15) is 0 Å². The van der Waals surface area contributed by atoms with Crippen LogP contribution in [0.3, 0.4) is 0 Å². The van der Waals surface area contributed by atoms with Crippen molar-refractivity contribution in [1.29, 1.82) is 0 Å². The Balaban J connectivity index is 0.00000392. The fraction of sp³-hybridized carbons (Fsp3) is 0.682. The molecule has 0 bridgehead atoms. The van der Waals surface area contributed by atoms with Crippen molar-refractivity contribution in [3.63, 3.8) is 0 Å². The zero-order valence-corrected chi connectivity index (χ0v) is 20.7. The Labute approximate surface area is 188 Å². The maximum atomic E-state index is 5.27. The summed E-state index contributed by atoms with van der Waals surface area (Å²) >= 11 is 0. The molecule has 0 spiro atoms. The van der Waals surface area contributed by atoms with Gasteiger partial charge >= 0.3 is 0 Å². The molecule has 6 heteroatoms. The van der Waals surface area contributed by atoms with E-state index < -0.39 is 0 Å². The van der Waals surface area contributed by atoms with Crippen LogP contribution in [0.5, 0.6) is 5.75 Å². The summed E-state index contributed by atoms with van der Waals surface area (Å²) in [7, 11) is 1.70. The Hall–Kier alpha value is -1.02. The molecule has 0 aliphatic carbocycles. The van der Waals surface area contributed by atoms with Crippen LogP contribution in [-0.4, -0.2) is 56.2 Å². The van der Waals surface area contributed by atoms with E-state index in [0.29, 0.717) is 12.1 Å². The first kappa shape index (κ1) is 25.0. The van der Waals surface area contributed by atoms with Crippen molar-refractivity contribution in [3.05, 3.63) is 29.8 Å². The highest BCUT2D eigenvalue weighted by molar-refractivity contribution is 14.0. The lowest BCUT2D eigenvalue weighted by molar-refractivity contribution is 0.167. The van der Waals surface area contributed by atoms with Crippen molar-refractivity contribution in [2.45, 2.75) is 65.0 Å². The first-order valence-electron chi connectivity index (χ1n) is 10.3. The molecule has 1 aromatic rings. The lowest BCUT2D eigenvalue weighted by Crippen LogP contribution is -2.50. The van der Waals surface area contributed by atoms with E-state index >= 15 is 0 Å². The maximum absolute atomic E-state index is 5.27. The van der Waals surface area contributed by atoms with Crippen molar-refractivity contribution in [3.8, 4) is 5.75 Å². The molecule has 5 nitrogen and oxygen atoms in total. The topological polar surface area (TPSA) is 48.9 Å². The van der Waals surface area contributed by atoms with Gasteiger partial charge in [-0.1, -0.05) is 26.0 Å². The van der Waals surface area contributed by atoms with Gasteiger partial charge in [-0.05, 0) is 51.3 Å². The summed E-state index contributed by atoms with van der Waals surface area (Å²) in [6.45, 7) is 15.1. The molecule has 2 N–H and O–H groups in total. The van der Waals surface area contributed by atoms with Crippen molar-refractivity contribution in [2.75, 3.05) is 33.3 Å². The number of nitrogens with one attached hydrogen (secondary N) is 2. The number of hydrogen-bond donors (Lipinski definition) is 2. The standard InChI is InChI=1S/C22H38N4O.HI/c1-7-23-21(25-19-12-14-26(15-13-19)17(2)3)24-16-22(4,5)18-8-10-20(27-6)11-9-18;/h8-11,17,19H,7,12-16H2,1-6H3,(H2,23,24,25);1H. The van der Waals surface area contributed by atoms with Crippen molar-refractivity contribution in [1.82, 2.24) is 15.5 Å². The van der Waals surface area contributed by atoms with Gasteiger partial charge in [-0.15, -0.1) is 24.0 Å². The summed E-state index contributed by atoms with van der Waals surface area (Å²) < 4.78 is 5.27. The number of guanidine groups is 1. The van der Waals surface area contributed by atoms with Crippen LogP contribution in [0, 0.1) is 0 Å². The zero-order valence-electron chi connectivity index (χ0n) is 18.4. The molecule has 1 aliphatic rings. The molecule has 160 valence electrons. The lowest BCUT2D eigenvalue weighted by Gasteiger charge is -2.35. The van der Waals surface area contributed by atoms with Crippen molar-refractivity contribution < 1.29 is 4.74 Å². The summed E-state index contributed by atoms with van der Waals surface area (Å²) in [6, 6.07) is 9.45. The number of hydrogen-bond acceptors (Lipinski definition) is 3. The molecule has 0 aromatic heterocycles. The number of rotatable bonds is 7. The fourth-order valence-corrected chi connectivity index (χ4v) is 3.48. The molecule has 0 radical (unpaired) electrons.